The van der Waals surface area contributed by atoms with Crippen LogP contribution in [0.3, 0.4) is 0 Å². The Morgan fingerprint density at radius 1 is 1.19 bits per heavy atom. The standard InChI is InChI=1S/C17H18N2O2/c1-12-3-8-16(13(2)9-12)19-10-14-4-6-15(7-5-14)21-11-17(18)20/h3-10H,11H2,1-2H3,(H2,18,20). The molecule has 0 aromatic heterocycles. The van der Waals surface area contributed by atoms with Crippen molar-refractivity contribution in [3.8, 4) is 5.75 Å². The molecule has 4 nitrogen and oxygen atoms in total. The van der Waals surface area contributed by atoms with Crippen molar-refractivity contribution in [2.45, 2.75) is 13.8 Å². The molecule has 0 aliphatic heterocycles. The monoisotopic (exact) mass is 282 g/mol. The van der Waals surface area contributed by atoms with Crippen LogP contribution in [0.5, 0.6) is 5.75 Å². The van der Waals surface area contributed by atoms with E-state index < -0.39 is 5.91 Å². The van der Waals surface area contributed by atoms with Crippen molar-refractivity contribution < 1.29 is 9.53 Å². The van der Waals surface area contributed by atoms with Gasteiger partial charge in [-0.2, -0.15) is 0 Å². The fourth-order valence-electron chi connectivity index (χ4n) is 1.90. The van der Waals surface area contributed by atoms with Gasteiger partial charge < -0.3 is 10.5 Å². The van der Waals surface area contributed by atoms with Crippen molar-refractivity contribution in [1.82, 2.24) is 0 Å². The lowest BCUT2D eigenvalue weighted by Gasteiger charge is -2.04. The van der Waals surface area contributed by atoms with Crippen LogP contribution in [0, 0.1) is 13.8 Å². The fraction of sp³-hybridized carbons (Fsp3) is 0.176. The van der Waals surface area contributed by atoms with Crippen molar-refractivity contribution in [2.24, 2.45) is 10.7 Å². The van der Waals surface area contributed by atoms with Crippen LogP contribution < -0.4 is 10.5 Å². The van der Waals surface area contributed by atoms with Crippen LogP contribution >= 0.6 is 0 Å². The average molecular weight is 282 g/mol. The number of nitrogens with zero attached hydrogens (tertiary/aromatic N) is 1. The van der Waals surface area contributed by atoms with Gasteiger partial charge in [-0.3, -0.25) is 9.79 Å². The molecule has 2 rings (SSSR count). The number of primary amides is 1. The highest BCUT2D eigenvalue weighted by atomic mass is 16.5. The van der Waals surface area contributed by atoms with Gasteiger partial charge in [0.25, 0.3) is 5.91 Å². The summed E-state index contributed by atoms with van der Waals surface area (Å²) in [6.45, 7) is 3.99. The third-order valence-corrected chi connectivity index (χ3v) is 2.97. The van der Waals surface area contributed by atoms with Gasteiger partial charge in [-0.25, -0.2) is 0 Å². The number of amides is 1. The summed E-state index contributed by atoms with van der Waals surface area (Å²) >= 11 is 0. The predicted molar refractivity (Wildman–Crippen MR) is 84.3 cm³/mol. The second kappa shape index (κ2) is 6.70. The number of hydrogen-bond donors (Lipinski definition) is 1. The first-order valence-corrected chi connectivity index (χ1v) is 6.67. The maximum atomic E-state index is 10.6. The molecule has 108 valence electrons. The van der Waals surface area contributed by atoms with Crippen LogP contribution in [-0.2, 0) is 4.79 Å². The Morgan fingerprint density at radius 2 is 1.90 bits per heavy atom. The first-order valence-electron chi connectivity index (χ1n) is 6.67. The van der Waals surface area contributed by atoms with Gasteiger partial charge in [0.2, 0.25) is 0 Å². The zero-order valence-corrected chi connectivity index (χ0v) is 12.2. The maximum absolute atomic E-state index is 10.6. The van der Waals surface area contributed by atoms with Crippen LogP contribution in [0.2, 0.25) is 0 Å². The smallest absolute Gasteiger partial charge is 0.255 e. The van der Waals surface area contributed by atoms with Crippen LogP contribution in [0.15, 0.2) is 47.5 Å². The minimum Gasteiger partial charge on any atom is -0.484 e. The molecule has 2 aromatic rings. The Bertz CT molecular complexity index is 661. The van der Waals surface area contributed by atoms with E-state index in [0.29, 0.717) is 5.75 Å². The Labute approximate surface area is 124 Å². The lowest BCUT2D eigenvalue weighted by molar-refractivity contribution is -0.119. The molecular formula is C17H18N2O2. The first-order chi connectivity index (χ1) is 10.0. The summed E-state index contributed by atoms with van der Waals surface area (Å²) in [4.78, 5) is 15.1. The minimum atomic E-state index is -0.490. The second-order valence-corrected chi connectivity index (χ2v) is 4.87. The molecule has 2 aromatic carbocycles. The largest absolute Gasteiger partial charge is 0.484 e. The first kappa shape index (κ1) is 14.8. The van der Waals surface area contributed by atoms with E-state index in [2.05, 4.69) is 18.0 Å². The van der Waals surface area contributed by atoms with E-state index in [9.17, 15) is 4.79 Å². The predicted octanol–water partition coefficient (Wildman–Crippen LogP) is 2.92. The number of rotatable bonds is 5. The molecule has 4 heteroatoms. The molecule has 0 aliphatic rings. The van der Waals surface area contributed by atoms with E-state index in [-0.39, 0.29) is 6.61 Å². The van der Waals surface area contributed by atoms with E-state index in [1.165, 1.54) is 5.56 Å². The normalized spacial score (nSPS) is 10.8. The fourth-order valence-corrected chi connectivity index (χ4v) is 1.90. The Balaban J connectivity index is 2.05. The molecular weight excluding hydrogens is 264 g/mol. The van der Waals surface area contributed by atoms with Gasteiger partial charge in [0.15, 0.2) is 6.61 Å². The number of nitrogens with two attached hydrogens (primary N) is 1. The molecule has 0 saturated heterocycles. The number of carbonyl (C=O) groups excluding carboxylic acids is 1. The van der Waals surface area contributed by atoms with Gasteiger partial charge in [-0.15, -0.1) is 0 Å². The third-order valence-electron chi connectivity index (χ3n) is 2.97. The summed E-state index contributed by atoms with van der Waals surface area (Å²) < 4.78 is 5.20. The molecule has 0 bridgehead atoms. The summed E-state index contributed by atoms with van der Waals surface area (Å²) in [5, 5.41) is 0. The van der Waals surface area contributed by atoms with E-state index in [4.69, 9.17) is 10.5 Å². The summed E-state index contributed by atoms with van der Waals surface area (Å²) in [6.07, 6.45) is 1.80. The molecule has 0 atom stereocenters. The van der Waals surface area contributed by atoms with Crippen LogP contribution in [0.4, 0.5) is 5.69 Å². The van der Waals surface area contributed by atoms with Gasteiger partial charge in [0.05, 0.1) is 5.69 Å². The molecule has 0 spiro atoms. The van der Waals surface area contributed by atoms with E-state index in [0.717, 1.165) is 16.8 Å². The summed E-state index contributed by atoms with van der Waals surface area (Å²) in [7, 11) is 0. The number of hydrogen-bond acceptors (Lipinski definition) is 3. The zero-order chi connectivity index (χ0) is 15.2. The van der Waals surface area contributed by atoms with Gasteiger partial charge in [-0.05, 0) is 55.3 Å². The Morgan fingerprint density at radius 3 is 2.52 bits per heavy atom. The third kappa shape index (κ3) is 4.45. The number of aryl methyl sites for hydroxylation is 2. The van der Waals surface area contributed by atoms with E-state index in [1.54, 1.807) is 18.3 Å². The molecule has 0 fully saturated rings. The molecule has 0 aliphatic carbocycles. The van der Waals surface area contributed by atoms with Crippen molar-refractivity contribution in [1.29, 1.82) is 0 Å². The molecule has 1 amide bonds. The molecule has 2 N–H and O–H groups in total. The number of carbonyl (C=O) groups is 1. The van der Waals surface area contributed by atoms with Gasteiger partial charge in [-0.1, -0.05) is 17.7 Å². The SMILES string of the molecule is Cc1ccc(N=Cc2ccc(OCC(N)=O)cc2)c(C)c1. The van der Waals surface area contributed by atoms with Crippen molar-refractivity contribution in [2.75, 3.05) is 6.61 Å². The van der Waals surface area contributed by atoms with Crippen LogP contribution in [-0.4, -0.2) is 18.7 Å². The van der Waals surface area contributed by atoms with Crippen LogP contribution in [0.25, 0.3) is 0 Å². The highest BCUT2D eigenvalue weighted by Gasteiger charge is 1.98. The van der Waals surface area contributed by atoms with Crippen LogP contribution in [0.1, 0.15) is 16.7 Å². The summed E-state index contributed by atoms with van der Waals surface area (Å²) in [5.74, 6) is 0.118. The molecule has 21 heavy (non-hydrogen) atoms. The van der Waals surface area contributed by atoms with Crippen molar-refractivity contribution in [3.05, 3.63) is 59.2 Å². The summed E-state index contributed by atoms with van der Waals surface area (Å²) in [6, 6.07) is 13.5. The zero-order valence-electron chi connectivity index (χ0n) is 12.2. The lowest BCUT2D eigenvalue weighted by Crippen LogP contribution is -2.19. The highest BCUT2D eigenvalue weighted by molar-refractivity contribution is 5.82. The number of ether oxygens (including phenoxy) is 1. The highest BCUT2D eigenvalue weighted by Crippen LogP contribution is 2.19. The topological polar surface area (TPSA) is 64.7 Å². The van der Waals surface area contributed by atoms with Crippen molar-refractivity contribution >= 4 is 17.8 Å². The molecule has 0 radical (unpaired) electrons. The number of aliphatic imine (C=N–C) groups is 1. The molecule has 0 unspecified atom stereocenters. The molecule has 0 saturated carbocycles. The Hall–Kier alpha value is -2.62. The Kier molecular flexibility index (Phi) is 4.72. The van der Waals surface area contributed by atoms with E-state index in [1.807, 2.05) is 31.2 Å². The lowest BCUT2D eigenvalue weighted by atomic mass is 10.1. The summed E-state index contributed by atoms with van der Waals surface area (Å²) in [5.41, 5.74) is 9.31. The van der Waals surface area contributed by atoms with Crippen molar-refractivity contribution in [3.63, 3.8) is 0 Å². The van der Waals surface area contributed by atoms with Gasteiger partial charge in [0, 0.05) is 6.21 Å². The van der Waals surface area contributed by atoms with Gasteiger partial charge >= 0.3 is 0 Å². The quantitative estimate of drug-likeness (QED) is 0.857. The van der Waals surface area contributed by atoms with Gasteiger partial charge in [0.1, 0.15) is 5.75 Å². The maximum Gasteiger partial charge on any atom is 0.255 e. The number of benzene rings is 2. The minimum absolute atomic E-state index is 0.115. The van der Waals surface area contributed by atoms with E-state index >= 15 is 0 Å². The second-order valence-electron chi connectivity index (χ2n) is 4.87. The average Bonchev–Trinajstić information content (AvgIpc) is 2.45. The molecule has 0 heterocycles.